The molecular weight excluding hydrogens is 453 g/mol. The first kappa shape index (κ1) is 23.6. The molecule has 2 aromatic rings. The number of benzene rings is 2. The normalized spacial score (nSPS) is 21.5. The number of alkyl halides is 3. The highest BCUT2D eigenvalue weighted by molar-refractivity contribution is 6.08. The summed E-state index contributed by atoms with van der Waals surface area (Å²) in [6, 6.07) is 12.2. The van der Waals surface area contributed by atoms with E-state index in [4.69, 9.17) is 4.74 Å². The van der Waals surface area contributed by atoms with Gasteiger partial charge in [0.2, 0.25) is 5.54 Å². The molecule has 1 atom stereocenters. The molecule has 34 heavy (non-hydrogen) atoms. The van der Waals surface area contributed by atoms with Crippen LogP contribution in [0.1, 0.15) is 15.9 Å². The summed E-state index contributed by atoms with van der Waals surface area (Å²) in [5.41, 5.74) is -2.99. The van der Waals surface area contributed by atoms with Gasteiger partial charge in [-0.25, -0.2) is 9.69 Å². The van der Waals surface area contributed by atoms with Crippen molar-refractivity contribution in [2.75, 3.05) is 40.0 Å². The van der Waals surface area contributed by atoms with Gasteiger partial charge in [0.25, 0.3) is 11.8 Å². The first-order chi connectivity index (χ1) is 16.2. The Kier molecular flexibility index (Phi) is 6.22. The van der Waals surface area contributed by atoms with Gasteiger partial charge in [0.1, 0.15) is 5.75 Å². The fourth-order valence-electron chi connectivity index (χ4n) is 4.15. The Hall–Kier alpha value is -3.60. The lowest BCUT2D eigenvalue weighted by Gasteiger charge is -2.36. The maximum absolute atomic E-state index is 14.1. The van der Waals surface area contributed by atoms with Gasteiger partial charge >= 0.3 is 12.2 Å². The molecule has 2 aliphatic heterocycles. The number of carbonyl (C=O) groups is 3. The van der Waals surface area contributed by atoms with Gasteiger partial charge in [-0.1, -0.05) is 30.3 Å². The molecule has 0 bridgehead atoms. The Balaban J connectivity index is 1.43. The summed E-state index contributed by atoms with van der Waals surface area (Å²) >= 11 is 0. The summed E-state index contributed by atoms with van der Waals surface area (Å²) in [4.78, 5) is 42.1. The van der Waals surface area contributed by atoms with Crippen LogP contribution in [0.5, 0.6) is 5.75 Å². The van der Waals surface area contributed by atoms with Crippen molar-refractivity contribution in [3.8, 4) is 5.75 Å². The van der Waals surface area contributed by atoms with Crippen LogP contribution < -0.4 is 10.1 Å². The molecule has 0 unspecified atom stereocenters. The van der Waals surface area contributed by atoms with Crippen molar-refractivity contribution in [3.63, 3.8) is 0 Å². The summed E-state index contributed by atoms with van der Waals surface area (Å²) < 4.78 is 47.4. The topological polar surface area (TPSA) is 82.2 Å². The van der Waals surface area contributed by atoms with E-state index in [2.05, 4.69) is 0 Å². The maximum Gasteiger partial charge on any atom is 0.425 e. The molecule has 0 saturated carbocycles. The molecule has 0 spiro atoms. The van der Waals surface area contributed by atoms with Crippen LogP contribution >= 0.6 is 0 Å². The highest BCUT2D eigenvalue weighted by Crippen LogP contribution is 2.43. The molecule has 2 heterocycles. The minimum atomic E-state index is -5.03. The largest absolute Gasteiger partial charge is 0.497 e. The second-order valence-corrected chi connectivity index (χ2v) is 8.06. The van der Waals surface area contributed by atoms with E-state index in [1.807, 2.05) is 5.32 Å². The lowest BCUT2D eigenvalue weighted by atomic mass is 9.89. The van der Waals surface area contributed by atoms with E-state index in [0.29, 0.717) is 42.4 Å². The fourth-order valence-corrected chi connectivity index (χ4v) is 4.15. The van der Waals surface area contributed by atoms with Crippen LogP contribution in [0.25, 0.3) is 0 Å². The van der Waals surface area contributed by atoms with Crippen LogP contribution in [0.4, 0.5) is 18.0 Å². The van der Waals surface area contributed by atoms with E-state index in [-0.39, 0.29) is 18.1 Å². The van der Waals surface area contributed by atoms with E-state index in [1.165, 1.54) is 37.4 Å². The summed E-state index contributed by atoms with van der Waals surface area (Å²) in [5, 5.41) is 1.88. The van der Waals surface area contributed by atoms with Crippen molar-refractivity contribution in [3.05, 3.63) is 65.7 Å². The SMILES string of the molecule is COc1ccc(C(=O)N2CCN(CN3C(=O)N[C@@](c4ccccc4)(C(F)(F)F)C3=O)CC2)cc1. The Labute approximate surface area is 193 Å². The molecule has 2 saturated heterocycles. The lowest BCUT2D eigenvalue weighted by molar-refractivity contribution is -0.198. The number of methoxy groups -OCH3 is 1. The average molecular weight is 476 g/mol. The van der Waals surface area contributed by atoms with Gasteiger partial charge in [0.15, 0.2) is 0 Å². The number of hydrogen-bond acceptors (Lipinski definition) is 5. The van der Waals surface area contributed by atoms with E-state index in [9.17, 15) is 27.6 Å². The molecule has 2 fully saturated rings. The number of hydrogen-bond donors (Lipinski definition) is 1. The Bertz CT molecular complexity index is 1070. The zero-order chi connectivity index (χ0) is 24.5. The van der Waals surface area contributed by atoms with E-state index < -0.39 is 23.7 Å². The summed E-state index contributed by atoms with van der Waals surface area (Å²) in [7, 11) is 1.53. The fraction of sp³-hybridized carbons (Fsp3) is 0.348. The number of nitrogens with zero attached hydrogens (tertiary/aromatic N) is 3. The van der Waals surface area contributed by atoms with Crippen molar-refractivity contribution >= 4 is 17.8 Å². The van der Waals surface area contributed by atoms with Crippen molar-refractivity contribution in [2.24, 2.45) is 0 Å². The Morgan fingerprint density at radius 1 is 1.00 bits per heavy atom. The van der Waals surface area contributed by atoms with Crippen molar-refractivity contribution < 1.29 is 32.3 Å². The van der Waals surface area contributed by atoms with E-state index in [0.717, 1.165) is 0 Å². The van der Waals surface area contributed by atoms with E-state index >= 15 is 0 Å². The predicted molar refractivity (Wildman–Crippen MR) is 115 cm³/mol. The first-order valence-corrected chi connectivity index (χ1v) is 10.6. The van der Waals surface area contributed by atoms with Crippen molar-refractivity contribution in [1.82, 2.24) is 20.0 Å². The number of urea groups is 1. The smallest absolute Gasteiger partial charge is 0.425 e. The van der Waals surface area contributed by atoms with Gasteiger partial charge < -0.3 is 15.0 Å². The number of halogens is 3. The van der Waals surface area contributed by atoms with Crippen molar-refractivity contribution in [2.45, 2.75) is 11.7 Å². The molecule has 4 rings (SSSR count). The van der Waals surface area contributed by atoms with Crippen LogP contribution in [0.15, 0.2) is 54.6 Å². The third-order valence-electron chi connectivity index (χ3n) is 6.08. The highest BCUT2D eigenvalue weighted by atomic mass is 19.4. The zero-order valence-corrected chi connectivity index (χ0v) is 18.3. The molecule has 4 amide bonds. The average Bonchev–Trinajstić information content (AvgIpc) is 3.10. The third-order valence-corrected chi connectivity index (χ3v) is 6.08. The van der Waals surface area contributed by atoms with Crippen LogP contribution in [-0.2, 0) is 10.3 Å². The van der Waals surface area contributed by atoms with Gasteiger partial charge in [-0.05, 0) is 29.8 Å². The Morgan fingerprint density at radius 3 is 2.18 bits per heavy atom. The predicted octanol–water partition coefficient (Wildman–Crippen LogP) is 2.42. The molecule has 0 aromatic heterocycles. The van der Waals surface area contributed by atoms with Gasteiger partial charge in [0.05, 0.1) is 13.8 Å². The van der Waals surface area contributed by atoms with E-state index in [1.54, 1.807) is 34.1 Å². The minimum Gasteiger partial charge on any atom is -0.497 e. The van der Waals surface area contributed by atoms with Gasteiger partial charge in [-0.3, -0.25) is 14.5 Å². The quantitative estimate of drug-likeness (QED) is 0.671. The summed E-state index contributed by atoms with van der Waals surface area (Å²) in [6.45, 7) is 0.891. The van der Waals surface area contributed by atoms with Gasteiger partial charge in [-0.15, -0.1) is 0 Å². The number of rotatable bonds is 5. The van der Waals surface area contributed by atoms with Crippen LogP contribution in [0.2, 0.25) is 0 Å². The molecule has 1 N–H and O–H groups in total. The minimum absolute atomic E-state index is 0.183. The van der Waals surface area contributed by atoms with Crippen LogP contribution in [0.3, 0.4) is 0 Å². The summed E-state index contributed by atoms with van der Waals surface area (Å²) in [6.07, 6.45) is -5.03. The number of ether oxygens (including phenoxy) is 1. The van der Waals surface area contributed by atoms with Gasteiger partial charge in [-0.2, -0.15) is 13.2 Å². The number of nitrogens with one attached hydrogen (secondary N) is 1. The third kappa shape index (κ3) is 4.07. The monoisotopic (exact) mass is 476 g/mol. The molecule has 2 aromatic carbocycles. The van der Waals surface area contributed by atoms with Gasteiger partial charge in [0, 0.05) is 31.7 Å². The molecule has 180 valence electrons. The maximum atomic E-state index is 14.1. The molecule has 0 aliphatic carbocycles. The second-order valence-electron chi connectivity index (χ2n) is 8.06. The highest BCUT2D eigenvalue weighted by Gasteiger charge is 2.68. The first-order valence-electron chi connectivity index (χ1n) is 10.6. The summed E-state index contributed by atoms with van der Waals surface area (Å²) in [5.74, 6) is -0.925. The molecule has 11 heteroatoms. The number of amides is 4. The van der Waals surface area contributed by atoms with Crippen molar-refractivity contribution in [1.29, 1.82) is 0 Å². The number of carbonyl (C=O) groups excluding carboxylic acids is 3. The standard InChI is InChI=1S/C23H23F3N4O4/c1-34-18-9-7-16(8-10-18)19(31)29-13-11-28(12-14-29)15-30-20(32)22(23(24,25)26,27-21(30)33)17-5-3-2-4-6-17/h2-10H,11-15H2,1H3,(H,27,33)/t22-/m1/s1. The number of piperazine rings is 1. The zero-order valence-electron chi connectivity index (χ0n) is 18.3. The van der Waals surface area contributed by atoms with Crippen LogP contribution in [0, 0.1) is 0 Å². The molecule has 2 aliphatic rings. The Morgan fingerprint density at radius 2 is 1.62 bits per heavy atom. The van der Waals surface area contributed by atoms with Crippen LogP contribution in [-0.4, -0.2) is 78.7 Å². The lowest BCUT2D eigenvalue weighted by Crippen LogP contribution is -2.56. The second kappa shape index (κ2) is 8.98. The molecular formula is C23H23F3N4O4. The molecule has 0 radical (unpaired) electrons. The molecule has 8 nitrogen and oxygen atoms in total. The number of imide groups is 1.